The van der Waals surface area contributed by atoms with Crippen LogP contribution < -0.4 is 9.64 Å². The highest BCUT2D eigenvalue weighted by Gasteiger charge is 2.45. The first-order chi connectivity index (χ1) is 10.2. The number of methoxy groups -OCH3 is 1. The van der Waals surface area contributed by atoms with Gasteiger partial charge in [0.2, 0.25) is 0 Å². The molecular weight excluding hydrogens is 266 g/mol. The molecule has 4 nitrogen and oxygen atoms in total. The molecule has 1 aromatic rings. The normalized spacial score (nSPS) is 20.7. The van der Waals surface area contributed by atoms with Gasteiger partial charge in [-0.25, -0.2) is 0 Å². The SMILES string of the molecule is COc1ccc(N2CCCC2)cc1C1(C(=O)O)CCCC1. The highest BCUT2D eigenvalue weighted by molar-refractivity contribution is 5.83. The number of hydrogen-bond donors (Lipinski definition) is 1. The van der Waals surface area contributed by atoms with E-state index in [1.54, 1.807) is 7.11 Å². The van der Waals surface area contributed by atoms with E-state index in [0.29, 0.717) is 18.6 Å². The summed E-state index contributed by atoms with van der Waals surface area (Å²) in [6.45, 7) is 2.12. The van der Waals surface area contributed by atoms with Crippen molar-refractivity contribution in [3.05, 3.63) is 23.8 Å². The van der Waals surface area contributed by atoms with Crippen molar-refractivity contribution in [3.63, 3.8) is 0 Å². The van der Waals surface area contributed by atoms with E-state index in [-0.39, 0.29) is 0 Å². The second-order valence-corrected chi connectivity index (χ2v) is 6.17. The highest BCUT2D eigenvalue weighted by Crippen LogP contribution is 2.46. The van der Waals surface area contributed by atoms with Crippen LogP contribution in [-0.2, 0) is 10.2 Å². The molecule has 1 aliphatic carbocycles. The molecule has 21 heavy (non-hydrogen) atoms. The van der Waals surface area contributed by atoms with E-state index in [9.17, 15) is 9.90 Å². The summed E-state index contributed by atoms with van der Waals surface area (Å²) in [4.78, 5) is 14.3. The third kappa shape index (κ3) is 2.37. The number of anilines is 1. The molecule has 1 saturated carbocycles. The fourth-order valence-corrected chi connectivity index (χ4v) is 3.82. The fourth-order valence-electron chi connectivity index (χ4n) is 3.82. The Hall–Kier alpha value is -1.71. The average molecular weight is 289 g/mol. The smallest absolute Gasteiger partial charge is 0.314 e. The van der Waals surface area contributed by atoms with Crippen molar-refractivity contribution >= 4 is 11.7 Å². The molecule has 1 saturated heterocycles. The number of aliphatic carboxylic acids is 1. The van der Waals surface area contributed by atoms with Crippen molar-refractivity contribution in [3.8, 4) is 5.75 Å². The lowest BCUT2D eigenvalue weighted by molar-refractivity contribution is -0.143. The van der Waals surface area contributed by atoms with E-state index in [2.05, 4.69) is 17.0 Å². The van der Waals surface area contributed by atoms with Gasteiger partial charge in [-0.3, -0.25) is 4.79 Å². The third-order valence-electron chi connectivity index (χ3n) is 5.04. The van der Waals surface area contributed by atoms with Crippen LogP contribution in [0.4, 0.5) is 5.69 Å². The number of carbonyl (C=O) groups is 1. The van der Waals surface area contributed by atoms with Crippen LogP contribution in [0, 0.1) is 0 Å². The maximum absolute atomic E-state index is 12.0. The number of ether oxygens (including phenoxy) is 1. The molecule has 1 heterocycles. The van der Waals surface area contributed by atoms with Crippen molar-refractivity contribution < 1.29 is 14.6 Å². The molecule has 0 spiro atoms. The molecule has 4 heteroatoms. The third-order valence-corrected chi connectivity index (χ3v) is 5.04. The van der Waals surface area contributed by atoms with E-state index < -0.39 is 11.4 Å². The van der Waals surface area contributed by atoms with E-state index in [1.165, 1.54) is 12.8 Å². The zero-order valence-electron chi connectivity index (χ0n) is 12.6. The lowest BCUT2D eigenvalue weighted by Crippen LogP contribution is -2.33. The quantitative estimate of drug-likeness (QED) is 0.925. The molecule has 114 valence electrons. The van der Waals surface area contributed by atoms with Crippen molar-refractivity contribution in [1.29, 1.82) is 0 Å². The molecule has 2 aliphatic rings. The van der Waals surface area contributed by atoms with Gasteiger partial charge in [0, 0.05) is 24.3 Å². The molecule has 2 fully saturated rings. The van der Waals surface area contributed by atoms with Gasteiger partial charge in [-0.2, -0.15) is 0 Å². The van der Waals surface area contributed by atoms with Crippen molar-refractivity contribution in [2.45, 2.75) is 43.9 Å². The van der Waals surface area contributed by atoms with Gasteiger partial charge in [0.05, 0.1) is 12.5 Å². The van der Waals surface area contributed by atoms with Gasteiger partial charge < -0.3 is 14.7 Å². The summed E-state index contributed by atoms with van der Waals surface area (Å²) < 4.78 is 5.47. The molecule has 1 aromatic carbocycles. The summed E-state index contributed by atoms with van der Waals surface area (Å²) in [5, 5.41) is 9.82. The Morgan fingerprint density at radius 3 is 2.43 bits per heavy atom. The van der Waals surface area contributed by atoms with Crippen LogP contribution in [0.1, 0.15) is 44.1 Å². The van der Waals surface area contributed by atoms with Crippen LogP contribution >= 0.6 is 0 Å². The Labute approximate surface area is 125 Å². The second kappa shape index (κ2) is 5.58. The van der Waals surface area contributed by atoms with Gasteiger partial charge in [0.15, 0.2) is 0 Å². The van der Waals surface area contributed by atoms with Crippen LogP contribution in [0.5, 0.6) is 5.75 Å². The minimum atomic E-state index is -0.763. The average Bonchev–Trinajstić information content (AvgIpc) is 3.18. The molecule has 0 aromatic heterocycles. The minimum Gasteiger partial charge on any atom is -0.496 e. The maximum atomic E-state index is 12.0. The Morgan fingerprint density at radius 2 is 1.86 bits per heavy atom. The zero-order valence-corrected chi connectivity index (χ0v) is 12.6. The second-order valence-electron chi connectivity index (χ2n) is 6.17. The summed E-state index contributed by atoms with van der Waals surface area (Å²) in [6.07, 6.45) is 5.80. The van der Waals surface area contributed by atoms with Crippen molar-refractivity contribution in [2.24, 2.45) is 0 Å². The van der Waals surface area contributed by atoms with Crippen LogP contribution in [0.2, 0.25) is 0 Å². The topological polar surface area (TPSA) is 49.8 Å². The monoisotopic (exact) mass is 289 g/mol. The summed E-state index contributed by atoms with van der Waals surface area (Å²) in [7, 11) is 1.62. The van der Waals surface area contributed by atoms with Crippen molar-refractivity contribution in [1.82, 2.24) is 0 Å². The fraction of sp³-hybridized carbons (Fsp3) is 0.588. The lowest BCUT2D eigenvalue weighted by atomic mass is 9.78. The Morgan fingerprint density at radius 1 is 1.19 bits per heavy atom. The first-order valence-electron chi connectivity index (χ1n) is 7.84. The first kappa shape index (κ1) is 14.2. The molecule has 0 unspecified atom stereocenters. The van der Waals surface area contributed by atoms with Gasteiger partial charge in [-0.15, -0.1) is 0 Å². The van der Waals surface area contributed by atoms with Crippen LogP contribution in [0.3, 0.4) is 0 Å². The van der Waals surface area contributed by atoms with Gasteiger partial charge in [0.1, 0.15) is 5.75 Å². The predicted octanol–water partition coefficient (Wildman–Crippen LogP) is 3.19. The summed E-state index contributed by atoms with van der Waals surface area (Å²) in [5.74, 6) is -0.000816. The van der Waals surface area contributed by atoms with E-state index in [4.69, 9.17) is 4.74 Å². The lowest BCUT2D eigenvalue weighted by Gasteiger charge is -2.28. The Balaban J connectivity index is 2.05. The number of nitrogens with zero attached hydrogens (tertiary/aromatic N) is 1. The van der Waals surface area contributed by atoms with E-state index >= 15 is 0 Å². The molecule has 0 radical (unpaired) electrons. The van der Waals surface area contributed by atoms with Gasteiger partial charge >= 0.3 is 5.97 Å². The Bertz CT molecular complexity index is 529. The number of carboxylic acids is 1. The standard InChI is InChI=1S/C17H23NO3/c1-21-15-7-6-13(18-10-4-5-11-18)12-14(15)17(16(19)20)8-2-3-9-17/h6-7,12H,2-5,8-11H2,1H3,(H,19,20). The molecule has 3 rings (SSSR count). The van der Waals surface area contributed by atoms with Gasteiger partial charge in [-0.1, -0.05) is 12.8 Å². The molecular formula is C17H23NO3. The Kier molecular flexibility index (Phi) is 3.79. The summed E-state index contributed by atoms with van der Waals surface area (Å²) in [6, 6.07) is 6.05. The maximum Gasteiger partial charge on any atom is 0.314 e. The predicted molar refractivity (Wildman–Crippen MR) is 82.2 cm³/mol. The first-order valence-corrected chi connectivity index (χ1v) is 7.84. The van der Waals surface area contributed by atoms with Crippen LogP contribution in [-0.4, -0.2) is 31.3 Å². The largest absolute Gasteiger partial charge is 0.496 e. The number of hydrogen-bond acceptors (Lipinski definition) is 3. The highest BCUT2D eigenvalue weighted by atomic mass is 16.5. The van der Waals surface area contributed by atoms with E-state index in [1.807, 2.05) is 6.07 Å². The number of carboxylic acid groups (broad SMARTS) is 1. The van der Waals surface area contributed by atoms with E-state index in [0.717, 1.165) is 37.2 Å². The minimum absolute atomic E-state index is 0.710. The van der Waals surface area contributed by atoms with Crippen molar-refractivity contribution in [2.75, 3.05) is 25.1 Å². The van der Waals surface area contributed by atoms with Crippen LogP contribution in [0.25, 0.3) is 0 Å². The summed E-state index contributed by atoms with van der Waals surface area (Å²) >= 11 is 0. The van der Waals surface area contributed by atoms with Gasteiger partial charge in [0.25, 0.3) is 0 Å². The number of benzene rings is 1. The van der Waals surface area contributed by atoms with Gasteiger partial charge in [-0.05, 0) is 43.9 Å². The van der Waals surface area contributed by atoms with Crippen LogP contribution in [0.15, 0.2) is 18.2 Å². The molecule has 0 atom stereocenters. The summed E-state index contributed by atoms with van der Waals surface area (Å²) in [5.41, 5.74) is 1.23. The zero-order chi connectivity index (χ0) is 14.9. The number of rotatable bonds is 4. The molecule has 0 bridgehead atoms. The molecule has 1 aliphatic heterocycles. The molecule has 1 N–H and O–H groups in total. The molecule has 0 amide bonds.